The highest BCUT2D eigenvalue weighted by Crippen LogP contribution is 2.16. The normalized spacial score (nSPS) is 9.93. The third-order valence-corrected chi connectivity index (χ3v) is 2.25. The van der Waals surface area contributed by atoms with Gasteiger partial charge in [0.2, 0.25) is 0 Å². The highest BCUT2D eigenvalue weighted by atomic mass is 14.8. The van der Waals surface area contributed by atoms with Gasteiger partial charge in [0.05, 0.1) is 23.3 Å². The van der Waals surface area contributed by atoms with Crippen LogP contribution in [0.2, 0.25) is 0 Å². The number of nitrogens with zero attached hydrogens (tertiary/aromatic N) is 2. The number of hydrogen-bond acceptors (Lipinski definition) is 2. The summed E-state index contributed by atoms with van der Waals surface area (Å²) in [7, 11) is 0. The Balaban J connectivity index is 2.47. The summed E-state index contributed by atoms with van der Waals surface area (Å²) in [5, 5.41) is 0. The quantitative estimate of drug-likeness (QED) is 0.737. The van der Waals surface area contributed by atoms with Crippen LogP contribution in [0.5, 0.6) is 0 Å². The molecule has 1 aromatic carbocycles. The summed E-state index contributed by atoms with van der Waals surface area (Å²) in [6.45, 7) is 5.63. The third-order valence-electron chi connectivity index (χ3n) is 2.25. The van der Waals surface area contributed by atoms with Crippen LogP contribution in [0.1, 0.15) is 11.4 Å². The lowest BCUT2D eigenvalue weighted by Crippen LogP contribution is -1.93. The average molecular weight is 196 g/mol. The van der Waals surface area contributed by atoms with Crippen molar-refractivity contribution in [2.45, 2.75) is 6.92 Å². The van der Waals surface area contributed by atoms with Gasteiger partial charge in [0.25, 0.3) is 0 Å². The summed E-state index contributed by atoms with van der Waals surface area (Å²) in [6, 6.07) is 10.0. The van der Waals surface area contributed by atoms with E-state index in [2.05, 4.69) is 16.5 Å². The summed E-state index contributed by atoms with van der Waals surface area (Å²) < 4.78 is 0. The van der Waals surface area contributed by atoms with Gasteiger partial charge >= 0.3 is 0 Å². The molecule has 0 fully saturated rings. The van der Waals surface area contributed by atoms with Crippen molar-refractivity contribution in [1.82, 2.24) is 9.97 Å². The minimum atomic E-state index is 0.842. The van der Waals surface area contributed by atoms with Crippen LogP contribution in [0.4, 0.5) is 0 Å². The van der Waals surface area contributed by atoms with E-state index in [0.29, 0.717) is 0 Å². The highest BCUT2D eigenvalue weighted by molar-refractivity contribution is 5.59. The van der Waals surface area contributed by atoms with E-state index in [1.165, 1.54) is 0 Å². The molecule has 74 valence electrons. The van der Waals surface area contributed by atoms with E-state index in [9.17, 15) is 0 Å². The zero-order valence-electron chi connectivity index (χ0n) is 8.64. The fraction of sp³-hybridized carbons (Fsp3) is 0.0769. The molecule has 0 aliphatic carbocycles. The largest absolute Gasteiger partial charge is 0.253 e. The van der Waals surface area contributed by atoms with E-state index in [1.54, 1.807) is 12.3 Å². The minimum absolute atomic E-state index is 0.842. The predicted molar refractivity (Wildman–Crippen MR) is 62.3 cm³/mol. The number of aromatic nitrogens is 2. The van der Waals surface area contributed by atoms with Gasteiger partial charge in [0.1, 0.15) is 0 Å². The van der Waals surface area contributed by atoms with Crippen molar-refractivity contribution in [3.05, 3.63) is 54.5 Å². The van der Waals surface area contributed by atoms with Crippen molar-refractivity contribution < 1.29 is 0 Å². The zero-order chi connectivity index (χ0) is 10.7. The summed E-state index contributed by atoms with van der Waals surface area (Å²) >= 11 is 0. The van der Waals surface area contributed by atoms with Crippen LogP contribution in [0, 0.1) is 6.92 Å². The van der Waals surface area contributed by atoms with Crippen LogP contribution in [0.15, 0.2) is 43.1 Å². The van der Waals surface area contributed by atoms with Gasteiger partial charge in [-0.3, -0.25) is 4.98 Å². The smallest absolute Gasteiger partial charge is 0.0888 e. The Morgan fingerprint density at radius 3 is 2.53 bits per heavy atom. The Morgan fingerprint density at radius 2 is 1.93 bits per heavy atom. The van der Waals surface area contributed by atoms with Crippen molar-refractivity contribution in [3.8, 4) is 11.3 Å². The second-order valence-corrected chi connectivity index (χ2v) is 3.30. The maximum absolute atomic E-state index is 4.48. The SMILES string of the molecule is C=Cc1ncc(-c2ccccc2)nc1C. The van der Waals surface area contributed by atoms with Crippen molar-refractivity contribution in [2.24, 2.45) is 0 Å². The first kappa shape index (κ1) is 9.59. The number of rotatable bonds is 2. The van der Waals surface area contributed by atoms with Crippen LogP contribution in [-0.4, -0.2) is 9.97 Å². The lowest BCUT2D eigenvalue weighted by molar-refractivity contribution is 1.10. The highest BCUT2D eigenvalue weighted by Gasteiger charge is 2.01. The lowest BCUT2D eigenvalue weighted by Gasteiger charge is -2.03. The van der Waals surface area contributed by atoms with Gasteiger partial charge in [-0.15, -0.1) is 0 Å². The van der Waals surface area contributed by atoms with E-state index in [-0.39, 0.29) is 0 Å². The van der Waals surface area contributed by atoms with Gasteiger partial charge in [0, 0.05) is 5.56 Å². The second-order valence-electron chi connectivity index (χ2n) is 3.30. The van der Waals surface area contributed by atoms with Crippen LogP contribution in [0.25, 0.3) is 17.3 Å². The van der Waals surface area contributed by atoms with Crippen molar-refractivity contribution >= 4 is 6.08 Å². The average Bonchev–Trinajstić information content (AvgIpc) is 2.30. The Bertz CT molecular complexity index is 475. The molecule has 15 heavy (non-hydrogen) atoms. The number of hydrogen-bond donors (Lipinski definition) is 0. The summed E-state index contributed by atoms with van der Waals surface area (Å²) in [5.74, 6) is 0. The molecule has 0 radical (unpaired) electrons. The minimum Gasteiger partial charge on any atom is -0.253 e. The standard InChI is InChI=1S/C13H12N2/c1-3-12-10(2)15-13(9-14-12)11-7-5-4-6-8-11/h3-9H,1H2,2H3. The first-order chi connectivity index (χ1) is 7.31. The molecule has 0 amide bonds. The molecule has 1 aromatic heterocycles. The van der Waals surface area contributed by atoms with Crippen molar-refractivity contribution in [2.75, 3.05) is 0 Å². The van der Waals surface area contributed by atoms with E-state index < -0.39 is 0 Å². The van der Waals surface area contributed by atoms with E-state index in [4.69, 9.17) is 0 Å². The monoisotopic (exact) mass is 196 g/mol. The molecule has 2 nitrogen and oxygen atoms in total. The molecule has 0 bridgehead atoms. The number of aryl methyl sites for hydroxylation is 1. The van der Waals surface area contributed by atoms with Crippen molar-refractivity contribution in [1.29, 1.82) is 0 Å². The molecular weight excluding hydrogens is 184 g/mol. The first-order valence-electron chi connectivity index (χ1n) is 4.83. The first-order valence-corrected chi connectivity index (χ1v) is 4.83. The molecule has 1 heterocycles. The summed E-state index contributed by atoms with van der Waals surface area (Å²) in [6.07, 6.45) is 3.50. The molecule has 2 heteroatoms. The predicted octanol–water partition coefficient (Wildman–Crippen LogP) is 3.10. The number of benzene rings is 1. The van der Waals surface area contributed by atoms with Gasteiger partial charge in [-0.1, -0.05) is 36.9 Å². The molecule has 2 aromatic rings. The van der Waals surface area contributed by atoms with Gasteiger partial charge in [-0.25, -0.2) is 4.98 Å². The van der Waals surface area contributed by atoms with E-state index in [0.717, 1.165) is 22.6 Å². The molecule has 0 saturated carbocycles. The van der Waals surface area contributed by atoms with Gasteiger partial charge < -0.3 is 0 Å². The third kappa shape index (κ3) is 1.94. The molecular formula is C13H12N2. The molecule has 0 atom stereocenters. The summed E-state index contributed by atoms with van der Waals surface area (Å²) in [4.78, 5) is 8.77. The van der Waals surface area contributed by atoms with E-state index in [1.807, 2.05) is 37.3 Å². The molecule has 0 N–H and O–H groups in total. The Labute approximate surface area is 89.3 Å². The Kier molecular flexibility index (Phi) is 2.59. The van der Waals surface area contributed by atoms with E-state index >= 15 is 0 Å². The van der Waals surface area contributed by atoms with Gasteiger partial charge in [-0.05, 0) is 13.0 Å². The maximum Gasteiger partial charge on any atom is 0.0888 e. The van der Waals surface area contributed by atoms with Crippen molar-refractivity contribution in [3.63, 3.8) is 0 Å². The summed E-state index contributed by atoms with van der Waals surface area (Å²) in [5.41, 5.74) is 3.74. The van der Waals surface area contributed by atoms with Gasteiger partial charge in [-0.2, -0.15) is 0 Å². The topological polar surface area (TPSA) is 25.8 Å². The zero-order valence-corrected chi connectivity index (χ0v) is 8.64. The molecule has 2 rings (SSSR count). The molecule has 0 saturated heterocycles. The van der Waals surface area contributed by atoms with Crippen LogP contribution in [-0.2, 0) is 0 Å². The maximum atomic E-state index is 4.48. The molecule has 0 aliphatic heterocycles. The molecule has 0 spiro atoms. The van der Waals surface area contributed by atoms with Crippen LogP contribution in [0.3, 0.4) is 0 Å². The van der Waals surface area contributed by atoms with Crippen LogP contribution >= 0.6 is 0 Å². The fourth-order valence-electron chi connectivity index (χ4n) is 1.44. The molecule has 0 aliphatic rings. The second kappa shape index (κ2) is 4.05. The fourth-order valence-corrected chi connectivity index (χ4v) is 1.44. The Morgan fingerprint density at radius 1 is 1.20 bits per heavy atom. The molecule has 0 unspecified atom stereocenters. The Hall–Kier alpha value is -1.96. The van der Waals surface area contributed by atoms with Gasteiger partial charge in [0.15, 0.2) is 0 Å². The van der Waals surface area contributed by atoms with Crippen LogP contribution < -0.4 is 0 Å². The lowest BCUT2D eigenvalue weighted by atomic mass is 10.1.